The van der Waals surface area contributed by atoms with Crippen LogP contribution in [0.3, 0.4) is 0 Å². The first-order valence-corrected chi connectivity index (χ1v) is 10.4. The quantitative estimate of drug-likeness (QED) is 0.712. The molecule has 3 heterocycles. The summed E-state index contributed by atoms with van der Waals surface area (Å²) in [5.41, 5.74) is -0.0478. The van der Waals surface area contributed by atoms with Gasteiger partial charge in [-0.3, -0.25) is 9.36 Å². The number of hydrogen-bond acceptors (Lipinski definition) is 5. The third-order valence-electron chi connectivity index (χ3n) is 5.16. The highest BCUT2D eigenvalue weighted by Crippen LogP contribution is 2.25. The van der Waals surface area contributed by atoms with E-state index in [1.54, 1.807) is 9.25 Å². The Kier molecular flexibility index (Phi) is 5.32. The van der Waals surface area contributed by atoms with Gasteiger partial charge in [-0.15, -0.1) is 11.3 Å². The van der Waals surface area contributed by atoms with Gasteiger partial charge in [-0.1, -0.05) is 18.2 Å². The van der Waals surface area contributed by atoms with Crippen LogP contribution in [0.5, 0.6) is 0 Å². The first kappa shape index (κ1) is 18.9. The molecule has 1 atom stereocenters. The van der Waals surface area contributed by atoms with E-state index >= 15 is 0 Å². The number of hydrogen-bond donors (Lipinski definition) is 1. The van der Waals surface area contributed by atoms with Gasteiger partial charge in [0.25, 0.3) is 5.91 Å². The van der Waals surface area contributed by atoms with E-state index in [-0.39, 0.29) is 17.6 Å². The van der Waals surface area contributed by atoms with Gasteiger partial charge in [0, 0.05) is 30.3 Å². The molecule has 8 heteroatoms. The molecule has 0 radical (unpaired) electrons. The molecule has 1 unspecified atom stereocenters. The molecule has 1 aromatic carbocycles. The second-order valence-electron chi connectivity index (χ2n) is 7.52. The van der Waals surface area contributed by atoms with Crippen LogP contribution in [0.25, 0.3) is 10.1 Å². The molecule has 2 aromatic heterocycles. The minimum absolute atomic E-state index is 0.0332. The zero-order chi connectivity index (χ0) is 19.7. The van der Waals surface area contributed by atoms with Crippen LogP contribution in [0.1, 0.15) is 28.3 Å². The zero-order valence-electron chi connectivity index (χ0n) is 16.2. The molecule has 148 valence electrons. The summed E-state index contributed by atoms with van der Waals surface area (Å²) in [7, 11) is 3.96. The van der Waals surface area contributed by atoms with Crippen LogP contribution in [0, 0.1) is 0 Å². The van der Waals surface area contributed by atoms with E-state index in [0.717, 1.165) is 40.2 Å². The number of nitrogens with zero attached hydrogens (tertiary/aromatic N) is 4. The molecule has 1 N–H and O–H groups in total. The molecule has 1 aliphatic rings. The summed E-state index contributed by atoms with van der Waals surface area (Å²) in [6.45, 7) is 1.97. The number of aromatic nitrogens is 3. The summed E-state index contributed by atoms with van der Waals surface area (Å²) in [5, 5.41) is 8.76. The number of fused-ring (bicyclic) bond motifs is 2. The highest BCUT2D eigenvalue weighted by atomic mass is 32.1. The van der Waals surface area contributed by atoms with Gasteiger partial charge in [-0.05, 0) is 44.5 Å². The van der Waals surface area contributed by atoms with Crippen LogP contribution < -0.4 is 11.0 Å². The molecular formula is C20H25N5O2S. The van der Waals surface area contributed by atoms with E-state index in [2.05, 4.69) is 10.4 Å². The number of aryl methyl sites for hydroxylation is 1. The number of rotatable bonds is 5. The van der Waals surface area contributed by atoms with Crippen molar-refractivity contribution in [2.24, 2.45) is 0 Å². The van der Waals surface area contributed by atoms with Crippen molar-refractivity contribution in [1.29, 1.82) is 0 Å². The molecule has 0 fully saturated rings. The topological polar surface area (TPSA) is 72.2 Å². The van der Waals surface area contributed by atoms with Gasteiger partial charge in [0.05, 0.1) is 11.4 Å². The van der Waals surface area contributed by atoms with Crippen molar-refractivity contribution < 1.29 is 4.79 Å². The number of amides is 1. The normalized spacial score (nSPS) is 16.9. The van der Waals surface area contributed by atoms with Gasteiger partial charge < -0.3 is 10.2 Å². The molecular weight excluding hydrogens is 374 g/mol. The third kappa shape index (κ3) is 3.88. The standard InChI is InChI=1S/C20H25N5O2S/c1-23(2)11-12-25-20(27)24-10-9-15(7-8-18(24)22-25)21-19(26)17-13-14-5-3-4-6-16(14)28-17/h3-6,13,15H,7-12H2,1-2H3,(H,21,26). The van der Waals surface area contributed by atoms with E-state index in [0.29, 0.717) is 19.5 Å². The highest BCUT2D eigenvalue weighted by Gasteiger charge is 2.23. The van der Waals surface area contributed by atoms with Crippen LogP contribution in [0.2, 0.25) is 0 Å². The summed E-state index contributed by atoms with van der Waals surface area (Å²) in [6, 6.07) is 10.0. The number of carbonyl (C=O) groups excluding carboxylic acids is 1. The highest BCUT2D eigenvalue weighted by molar-refractivity contribution is 7.20. The van der Waals surface area contributed by atoms with Crippen LogP contribution >= 0.6 is 11.3 Å². The minimum Gasteiger partial charge on any atom is -0.349 e. The Morgan fingerprint density at radius 3 is 2.93 bits per heavy atom. The lowest BCUT2D eigenvalue weighted by molar-refractivity contribution is 0.0937. The van der Waals surface area contributed by atoms with E-state index < -0.39 is 0 Å². The fourth-order valence-corrected chi connectivity index (χ4v) is 4.53. The Labute approximate surface area is 167 Å². The fourth-order valence-electron chi connectivity index (χ4n) is 3.56. The smallest absolute Gasteiger partial charge is 0.345 e. The molecule has 4 rings (SSSR count). The Morgan fingerprint density at radius 1 is 1.32 bits per heavy atom. The average molecular weight is 400 g/mol. The molecule has 1 amide bonds. The Balaban J connectivity index is 1.41. The summed E-state index contributed by atoms with van der Waals surface area (Å²) in [5.74, 6) is 0.788. The molecule has 0 spiro atoms. The van der Waals surface area contributed by atoms with E-state index in [1.165, 1.54) is 11.3 Å². The Hall–Kier alpha value is -2.45. The van der Waals surface area contributed by atoms with Crippen molar-refractivity contribution in [2.45, 2.75) is 38.4 Å². The Bertz CT molecular complexity index is 1020. The maximum atomic E-state index is 12.7. The summed E-state index contributed by atoms with van der Waals surface area (Å²) in [6.07, 6.45) is 2.23. The lowest BCUT2D eigenvalue weighted by Crippen LogP contribution is -2.35. The number of benzene rings is 1. The van der Waals surface area contributed by atoms with Crippen molar-refractivity contribution in [3.8, 4) is 0 Å². The minimum atomic E-state index is -0.0478. The van der Waals surface area contributed by atoms with Crippen molar-refractivity contribution in [3.05, 3.63) is 51.5 Å². The van der Waals surface area contributed by atoms with Crippen LogP contribution in [-0.4, -0.2) is 51.8 Å². The average Bonchev–Trinajstić information content (AvgIpc) is 3.17. The van der Waals surface area contributed by atoms with Crippen molar-refractivity contribution in [3.63, 3.8) is 0 Å². The summed E-state index contributed by atoms with van der Waals surface area (Å²) < 4.78 is 4.44. The number of likely N-dealkylation sites (N-methyl/N-ethyl adjacent to an activating group) is 1. The van der Waals surface area contributed by atoms with Gasteiger partial charge in [0.15, 0.2) is 0 Å². The largest absolute Gasteiger partial charge is 0.349 e. The lowest BCUT2D eigenvalue weighted by Gasteiger charge is -2.15. The van der Waals surface area contributed by atoms with Crippen molar-refractivity contribution in [1.82, 2.24) is 24.6 Å². The molecule has 28 heavy (non-hydrogen) atoms. The first-order chi connectivity index (χ1) is 13.5. The second-order valence-corrected chi connectivity index (χ2v) is 8.61. The maximum absolute atomic E-state index is 12.7. The van der Waals surface area contributed by atoms with Gasteiger partial charge in [-0.2, -0.15) is 5.10 Å². The zero-order valence-corrected chi connectivity index (χ0v) is 17.0. The van der Waals surface area contributed by atoms with E-state index in [1.807, 2.05) is 49.3 Å². The summed E-state index contributed by atoms with van der Waals surface area (Å²) >= 11 is 1.51. The Morgan fingerprint density at radius 2 is 2.14 bits per heavy atom. The van der Waals surface area contributed by atoms with Crippen LogP contribution in [-0.2, 0) is 19.5 Å². The molecule has 0 bridgehead atoms. The van der Waals surface area contributed by atoms with E-state index in [4.69, 9.17) is 0 Å². The number of carbonyl (C=O) groups is 1. The molecule has 7 nitrogen and oxygen atoms in total. The number of thiophene rings is 1. The van der Waals surface area contributed by atoms with Crippen molar-refractivity contribution in [2.75, 3.05) is 20.6 Å². The third-order valence-corrected chi connectivity index (χ3v) is 6.28. The molecule has 0 aliphatic carbocycles. The van der Waals surface area contributed by atoms with Crippen molar-refractivity contribution >= 4 is 27.3 Å². The predicted octanol–water partition coefficient (Wildman–Crippen LogP) is 1.96. The first-order valence-electron chi connectivity index (χ1n) is 9.62. The maximum Gasteiger partial charge on any atom is 0.345 e. The monoisotopic (exact) mass is 399 g/mol. The molecule has 0 saturated heterocycles. The van der Waals surface area contributed by atoms with E-state index in [9.17, 15) is 9.59 Å². The van der Waals surface area contributed by atoms with Crippen LogP contribution in [0.15, 0.2) is 35.1 Å². The molecule has 3 aromatic rings. The molecule has 0 saturated carbocycles. The SMILES string of the molecule is CN(C)CCn1nc2n(c1=O)CCC(NC(=O)c1cc3ccccc3s1)CC2. The predicted molar refractivity (Wildman–Crippen MR) is 111 cm³/mol. The summed E-state index contributed by atoms with van der Waals surface area (Å²) in [4.78, 5) is 28.0. The lowest BCUT2D eigenvalue weighted by atomic mass is 10.1. The van der Waals surface area contributed by atoms with Gasteiger partial charge in [0.2, 0.25) is 0 Å². The van der Waals surface area contributed by atoms with Crippen LogP contribution in [0.4, 0.5) is 0 Å². The number of nitrogens with one attached hydrogen (secondary N) is 1. The van der Waals surface area contributed by atoms with Gasteiger partial charge in [-0.25, -0.2) is 9.48 Å². The van der Waals surface area contributed by atoms with Gasteiger partial charge >= 0.3 is 5.69 Å². The molecule has 1 aliphatic heterocycles. The fraction of sp³-hybridized carbons (Fsp3) is 0.450. The second kappa shape index (κ2) is 7.89. The van der Waals surface area contributed by atoms with Gasteiger partial charge in [0.1, 0.15) is 5.82 Å².